The Balaban J connectivity index is 0.000000505. The van der Waals surface area contributed by atoms with Crippen molar-refractivity contribution in [2.45, 2.75) is 54.4 Å². The third kappa shape index (κ3) is 9.19. The van der Waals surface area contributed by atoms with Crippen LogP contribution in [0.15, 0.2) is 36.4 Å². The fraction of sp³-hybridized carbons (Fsp3) is 0.462. The Labute approximate surface area is 214 Å². The third-order valence-corrected chi connectivity index (χ3v) is 5.97. The van der Waals surface area contributed by atoms with Gasteiger partial charge in [0.05, 0.1) is 5.88 Å². The summed E-state index contributed by atoms with van der Waals surface area (Å²) in [6.07, 6.45) is 4.60. The number of carbonyl (C=O) groups excluding carboxylic acids is 2. The molecule has 1 amide bonds. The van der Waals surface area contributed by atoms with Crippen LogP contribution in [0.25, 0.3) is 0 Å². The van der Waals surface area contributed by atoms with Crippen LogP contribution in [0.3, 0.4) is 0 Å². The van der Waals surface area contributed by atoms with Crippen LogP contribution in [0.4, 0.5) is 11.4 Å². The first-order valence-corrected chi connectivity index (χ1v) is 11.8. The summed E-state index contributed by atoms with van der Waals surface area (Å²) in [6, 6.07) is 12.7. The maximum absolute atomic E-state index is 11.7. The number of benzene rings is 2. The maximum atomic E-state index is 11.7. The Morgan fingerprint density at radius 2 is 1.48 bits per heavy atom. The lowest BCUT2D eigenvalue weighted by Gasteiger charge is -2.30. The van der Waals surface area contributed by atoms with Crippen molar-refractivity contribution >= 4 is 57.3 Å². The molecule has 7 heteroatoms. The molecule has 1 N–H and O–H groups in total. The largest absolute Gasteiger partial charge is 0.385 e. The summed E-state index contributed by atoms with van der Waals surface area (Å²) in [5.74, 6) is -0.0260. The molecule has 4 rings (SSSR count). The molecule has 184 valence electrons. The number of halogens is 3. The molecule has 2 aliphatic rings. The van der Waals surface area contributed by atoms with E-state index in [0.717, 1.165) is 37.2 Å². The first-order valence-electron chi connectivity index (χ1n) is 10.4. The number of rotatable bonds is 2. The van der Waals surface area contributed by atoms with E-state index >= 15 is 0 Å². The van der Waals surface area contributed by atoms with Gasteiger partial charge < -0.3 is 10.2 Å². The van der Waals surface area contributed by atoms with Crippen molar-refractivity contribution in [3.63, 3.8) is 0 Å². The molecule has 0 bridgehead atoms. The van der Waals surface area contributed by atoms with Gasteiger partial charge in [-0.15, -0.1) is 23.2 Å². The predicted octanol–water partition coefficient (Wildman–Crippen LogP) is 7.13. The molecule has 0 spiro atoms. The van der Waals surface area contributed by atoms with E-state index < -0.39 is 5.24 Å². The van der Waals surface area contributed by atoms with Gasteiger partial charge in [-0.25, -0.2) is 0 Å². The van der Waals surface area contributed by atoms with Crippen LogP contribution >= 0.6 is 34.8 Å². The molecule has 0 fully saturated rings. The molecular weight excluding hydrogens is 479 g/mol. The minimum atomic E-state index is -0.508. The van der Waals surface area contributed by atoms with Gasteiger partial charge in [0, 0.05) is 24.5 Å². The number of nitrogens with zero attached hydrogens (tertiary/aromatic N) is 1. The molecule has 33 heavy (non-hydrogen) atoms. The zero-order valence-corrected chi connectivity index (χ0v) is 20.3. The molecule has 0 saturated carbocycles. The Morgan fingerprint density at radius 1 is 0.909 bits per heavy atom. The average Bonchev–Trinajstić information content (AvgIpc) is 2.79. The second-order valence-electron chi connectivity index (χ2n) is 7.49. The monoisotopic (exact) mass is 514 g/mol. The molecule has 0 aromatic heterocycles. The Kier molecular flexibility index (Phi) is 15.1. The van der Waals surface area contributed by atoms with Gasteiger partial charge in [0.1, 0.15) is 5.88 Å². The minimum absolute atomic E-state index is 0. The van der Waals surface area contributed by atoms with Crippen LogP contribution < -0.4 is 10.2 Å². The first-order chi connectivity index (χ1) is 14.9. The summed E-state index contributed by atoms with van der Waals surface area (Å²) < 4.78 is 0. The molecule has 2 aromatic carbocycles. The van der Waals surface area contributed by atoms with Gasteiger partial charge in [-0.05, 0) is 73.4 Å². The van der Waals surface area contributed by atoms with Crippen LogP contribution in [-0.4, -0.2) is 36.0 Å². The van der Waals surface area contributed by atoms with Crippen LogP contribution in [0, 0.1) is 13.8 Å². The Morgan fingerprint density at radius 3 is 2.06 bits per heavy atom. The number of fused-ring (bicyclic) bond motifs is 2. The predicted molar refractivity (Wildman–Crippen MR) is 146 cm³/mol. The number of carbonyl (C=O) groups is 2. The van der Waals surface area contributed by atoms with E-state index in [-0.39, 0.29) is 32.5 Å². The highest BCUT2D eigenvalue weighted by atomic mass is 35.5. The van der Waals surface area contributed by atoms with Crippen molar-refractivity contribution in [1.29, 1.82) is 0 Å². The van der Waals surface area contributed by atoms with Crippen LogP contribution in [0.1, 0.15) is 49.9 Å². The van der Waals surface area contributed by atoms with Crippen LogP contribution in [-0.2, 0) is 22.4 Å². The zero-order chi connectivity index (χ0) is 22.8. The van der Waals surface area contributed by atoms with Gasteiger partial charge >= 0.3 is 0 Å². The fourth-order valence-electron chi connectivity index (χ4n) is 3.85. The van der Waals surface area contributed by atoms with Gasteiger partial charge in [0.2, 0.25) is 11.1 Å². The number of amides is 1. The van der Waals surface area contributed by atoms with Gasteiger partial charge in [-0.2, -0.15) is 0 Å². The topological polar surface area (TPSA) is 49.4 Å². The van der Waals surface area contributed by atoms with E-state index in [0.29, 0.717) is 0 Å². The number of hydrogen-bond acceptors (Lipinski definition) is 3. The van der Waals surface area contributed by atoms with E-state index in [4.69, 9.17) is 34.8 Å². The van der Waals surface area contributed by atoms with Crippen molar-refractivity contribution in [2.24, 2.45) is 0 Å². The molecule has 2 aliphatic heterocycles. The lowest BCUT2D eigenvalue weighted by molar-refractivity contribution is -0.116. The molecule has 4 nitrogen and oxygen atoms in total. The maximum Gasteiger partial charge on any atom is 0.241 e. The summed E-state index contributed by atoms with van der Waals surface area (Å²) in [7, 11) is 0. The Hall–Kier alpha value is -1.75. The van der Waals surface area contributed by atoms with E-state index in [2.05, 4.69) is 36.5 Å². The van der Waals surface area contributed by atoms with Crippen molar-refractivity contribution in [3.05, 3.63) is 58.7 Å². The molecule has 0 saturated heterocycles. The van der Waals surface area contributed by atoms with Crippen LogP contribution in [0.5, 0.6) is 0 Å². The summed E-state index contributed by atoms with van der Waals surface area (Å²) in [5.41, 5.74) is 7.73. The summed E-state index contributed by atoms with van der Waals surface area (Å²) >= 11 is 15.2. The minimum Gasteiger partial charge on any atom is -0.385 e. The molecular formula is C26H37Cl3N2O2. The highest BCUT2D eigenvalue weighted by Crippen LogP contribution is 2.30. The van der Waals surface area contributed by atoms with E-state index in [1.54, 1.807) is 0 Å². The second kappa shape index (κ2) is 16.0. The van der Waals surface area contributed by atoms with Gasteiger partial charge in [0.15, 0.2) is 0 Å². The van der Waals surface area contributed by atoms with Gasteiger partial charge in [0.25, 0.3) is 0 Å². The molecule has 0 aliphatic carbocycles. The number of nitrogens with one attached hydrogen (secondary N) is 1. The number of anilines is 2. The van der Waals surface area contributed by atoms with Crippen molar-refractivity contribution in [3.8, 4) is 0 Å². The number of alkyl halides is 2. The summed E-state index contributed by atoms with van der Waals surface area (Å²) in [4.78, 5) is 22.9. The first kappa shape index (κ1) is 31.2. The average molecular weight is 516 g/mol. The third-order valence-electron chi connectivity index (χ3n) is 5.22. The second-order valence-corrected chi connectivity index (χ2v) is 8.45. The fourth-order valence-corrected chi connectivity index (χ4v) is 3.99. The zero-order valence-electron chi connectivity index (χ0n) is 18.0. The van der Waals surface area contributed by atoms with Gasteiger partial charge in [-0.3, -0.25) is 9.59 Å². The smallest absolute Gasteiger partial charge is 0.241 e. The number of aryl methyl sites for hydroxylation is 4. The molecule has 2 heterocycles. The quantitative estimate of drug-likeness (QED) is 0.342. The lowest BCUT2D eigenvalue weighted by atomic mass is 9.98. The normalized spacial score (nSPS) is 13.1. The van der Waals surface area contributed by atoms with Crippen molar-refractivity contribution in [2.75, 3.05) is 35.1 Å². The highest BCUT2D eigenvalue weighted by molar-refractivity contribution is 6.67. The Bertz CT molecular complexity index is 903. The van der Waals surface area contributed by atoms with E-state index in [1.807, 2.05) is 24.0 Å². The molecule has 0 unspecified atom stereocenters. The summed E-state index contributed by atoms with van der Waals surface area (Å²) in [6.45, 7) is 6.14. The van der Waals surface area contributed by atoms with E-state index in [9.17, 15) is 9.59 Å². The van der Waals surface area contributed by atoms with Crippen LogP contribution in [0.2, 0.25) is 0 Å². The van der Waals surface area contributed by atoms with Crippen molar-refractivity contribution in [1.82, 2.24) is 0 Å². The van der Waals surface area contributed by atoms with Crippen molar-refractivity contribution < 1.29 is 9.59 Å². The number of hydrogen-bond donors (Lipinski definition) is 1. The number of para-hydroxylation sites is 2. The van der Waals surface area contributed by atoms with E-state index in [1.165, 1.54) is 35.2 Å². The SMILES string of the molecule is C.C.Cc1cccc2c1N(C(=O)CCl)CCC2.Cc1cccc2c1NCCC2.O=C(Cl)CCl. The molecule has 2 aromatic rings. The lowest BCUT2D eigenvalue weighted by Crippen LogP contribution is -2.36. The summed E-state index contributed by atoms with van der Waals surface area (Å²) in [5, 5.41) is 2.92. The standard InChI is InChI=1S/C12H14ClNO.C10H13N.C2H2Cl2O.2CH4/c1-9-4-2-5-10-6-3-7-14(12(9)10)11(15)8-13;1-8-4-2-5-9-6-3-7-11-10(8)9;3-1-2(4)5;;/h2,4-5H,3,6-8H2,1H3;2,4-5,11H,3,6-7H2,1H3;1H2;2*1H4. The highest BCUT2D eigenvalue weighted by Gasteiger charge is 2.22. The van der Waals surface area contributed by atoms with Gasteiger partial charge in [-0.1, -0.05) is 51.3 Å². The molecule has 0 atom stereocenters. The molecule has 0 radical (unpaired) electrons.